The number of aromatic nitrogens is 3. The fraction of sp³-hybridized carbons (Fsp3) is 0.435. The Morgan fingerprint density at radius 3 is 2.80 bits per heavy atom. The van der Waals surface area contributed by atoms with Crippen LogP contribution >= 0.6 is 11.6 Å². The second-order valence-corrected chi connectivity index (χ2v) is 11.1. The number of amides is 1. The number of hydrogen-bond donors (Lipinski definition) is 3. The van der Waals surface area contributed by atoms with Crippen molar-refractivity contribution in [3.05, 3.63) is 52.3 Å². The zero-order valence-corrected chi connectivity index (χ0v) is 21.4. The molecule has 0 bridgehead atoms. The molecule has 1 aromatic carbocycles. The summed E-state index contributed by atoms with van der Waals surface area (Å²) in [5.41, 5.74) is 2.58. The summed E-state index contributed by atoms with van der Waals surface area (Å²) >= 11 is 6.16. The van der Waals surface area contributed by atoms with Crippen LogP contribution in [0.15, 0.2) is 30.5 Å². The van der Waals surface area contributed by atoms with E-state index in [9.17, 15) is 18.3 Å². The molecule has 10 nitrogen and oxygen atoms in total. The number of piperidine rings is 1. The Morgan fingerprint density at radius 1 is 1.31 bits per heavy atom. The van der Waals surface area contributed by atoms with Gasteiger partial charge in [-0.05, 0) is 51.3 Å². The molecule has 3 aromatic rings. The number of nitrogens with one attached hydrogen (secondary N) is 2. The monoisotopic (exact) mass is 520 g/mol. The van der Waals surface area contributed by atoms with Crippen molar-refractivity contribution in [2.24, 2.45) is 0 Å². The number of carbonyl (C=O) groups excluding carboxylic acids is 1. The number of aliphatic hydroxyl groups is 1. The van der Waals surface area contributed by atoms with E-state index in [0.717, 1.165) is 31.1 Å². The van der Waals surface area contributed by atoms with Crippen molar-refractivity contribution in [2.75, 3.05) is 29.4 Å². The van der Waals surface area contributed by atoms with Crippen LogP contribution in [0.1, 0.15) is 53.8 Å². The lowest BCUT2D eigenvalue weighted by molar-refractivity contribution is 0.0607. The van der Waals surface area contributed by atoms with Crippen molar-refractivity contribution in [1.29, 1.82) is 0 Å². The summed E-state index contributed by atoms with van der Waals surface area (Å²) in [6.45, 7) is 4.26. The predicted octanol–water partition coefficient (Wildman–Crippen LogP) is 3.22. The van der Waals surface area contributed by atoms with Crippen LogP contribution in [0.5, 0.6) is 0 Å². The number of likely N-dealkylation sites (tertiary alicyclic amines) is 1. The highest BCUT2D eigenvalue weighted by Gasteiger charge is 2.32. The molecule has 0 saturated carbocycles. The Kier molecular flexibility index (Phi) is 7.20. The Hall–Kier alpha value is -2.89. The second kappa shape index (κ2) is 10.00. The summed E-state index contributed by atoms with van der Waals surface area (Å²) in [6.07, 6.45) is 5.37. The molecule has 0 radical (unpaired) electrons. The van der Waals surface area contributed by atoms with E-state index in [0.29, 0.717) is 28.7 Å². The van der Waals surface area contributed by atoms with Gasteiger partial charge >= 0.3 is 0 Å². The van der Waals surface area contributed by atoms with Gasteiger partial charge in [0.05, 0.1) is 35.8 Å². The average molecular weight is 521 g/mol. The van der Waals surface area contributed by atoms with Crippen LogP contribution in [0.3, 0.4) is 0 Å². The Bertz CT molecular complexity index is 1360. The van der Waals surface area contributed by atoms with Crippen molar-refractivity contribution in [2.45, 2.75) is 45.2 Å². The summed E-state index contributed by atoms with van der Waals surface area (Å²) in [7, 11) is -3.59. The fourth-order valence-corrected chi connectivity index (χ4v) is 4.99. The molecule has 0 aliphatic carbocycles. The molecule has 2 atom stereocenters. The van der Waals surface area contributed by atoms with Crippen molar-refractivity contribution < 1.29 is 18.3 Å². The standard InChI is InChI=1S/C23H29ClN6O4S/c1-14-12-30-21(26-22(14)25-15(2)13-31)11-19(27-30)20-6-4-5-9-29(20)23(32)17-10-16(24)7-8-18(17)28-35(3,33)34/h7-8,10-12,15,20,28,31H,4-6,9,13H2,1-3H3,(H,25,26)/t15-,20-/m0/s1. The number of anilines is 2. The molecule has 1 saturated heterocycles. The number of carbonyl (C=O) groups is 1. The van der Waals surface area contributed by atoms with E-state index in [1.807, 2.05) is 26.1 Å². The van der Waals surface area contributed by atoms with Crippen LogP contribution in [0.4, 0.5) is 11.5 Å². The van der Waals surface area contributed by atoms with Gasteiger partial charge in [-0.2, -0.15) is 5.10 Å². The van der Waals surface area contributed by atoms with Gasteiger partial charge in [0.2, 0.25) is 10.0 Å². The number of aliphatic hydroxyl groups excluding tert-OH is 1. The van der Waals surface area contributed by atoms with E-state index in [2.05, 4.69) is 15.0 Å². The third-order valence-electron chi connectivity index (χ3n) is 5.92. The number of rotatable bonds is 7. The van der Waals surface area contributed by atoms with E-state index < -0.39 is 10.0 Å². The highest BCUT2D eigenvalue weighted by Crippen LogP contribution is 2.34. The molecule has 4 rings (SSSR count). The van der Waals surface area contributed by atoms with E-state index in [4.69, 9.17) is 16.7 Å². The molecule has 1 amide bonds. The average Bonchev–Trinajstić information content (AvgIpc) is 3.21. The zero-order chi connectivity index (χ0) is 25.3. The minimum absolute atomic E-state index is 0.0182. The van der Waals surface area contributed by atoms with E-state index in [1.54, 1.807) is 15.5 Å². The maximum Gasteiger partial charge on any atom is 0.256 e. The second-order valence-electron chi connectivity index (χ2n) is 8.95. The van der Waals surface area contributed by atoms with Crippen molar-refractivity contribution in [3.8, 4) is 0 Å². The lowest BCUT2D eigenvalue weighted by atomic mass is 9.98. The van der Waals surface area contributed by atoms with Gasteiger partial charge in [0, 0.05) is 35.4 Å². The minimum atomic E-state index is -3.59. The highest BCUT2D eigenvalue weighted by atomic mass is 35.5. The predicted molar refractivity (Wildman–Crippen MR) is 135 cm³/mol. The number of fused-ring (bicyclic) bond motifs is 1. The number of halogens is 1. The molecular formula is C23H29ClN6O4S. The molecule has 35 heavy (non-hydrogen) atoms. The van der Waals surface area contributed by atoms with Gasteiger partial charge < -0.3 is 15.3 Å². The third-order valence-corrected chi connectivity index (χ3v) is 6.75. The van der Waals surface area contributed by atoms with Crippen LogP contribution in [0, 0.1) is 6.92 Å². The topological polar surface area (TPSA) is 129 Å². The molecule has 12 heteroatoms. The number of sulfonamides is 1. The van der Waals surface area contributed by atoms with Crippen LogP contribution in [0.25, 0.3) is 5.65 Å². The number of nitrogens with zero attached hydrogens (tertiary/aromatic N) is 4. The maximum absolute atomic E-state index is 13.7. The van der Waals surface area contributed by atoms with Crippen molar-refractivity contribution in [3.63, 3.8) is 0 Å². The van der Waals surface area contributed by atoms with Gasteiger partial charge in [-0.1, -0.05) is 11.6 Å². The van der Waals surface area contributed by atoms with E-state index in [1.165, 1.54) is 12.1 Å². The lowest BCUT2D eigenvalue weighted by Gasteiger charge is -2.35. The van der Waals surface area contributed by atoms with Crippen LogP contribution in [-0.2, 0) is 10.0 Å². The van der Waals surface area contributed by atoms with Gasteiger partial charge in [0.15, 0.2) is 5.65 Å². The zero-order valence-electron chi connectivity index (χ0n) is 19.8. The molecule has 1 aliphatic heterocycles. The Morgan fingerprint density at radius 2 is 2.09 bits per heavy atom. The maximum atomic E-state index is 13.7. The van der Waals surface area contributed by atoms with Gasteiger partial charge in [-0.25, -0.2) is 17.9 Å². The van der Waals surface area contributed by atoms with Crippen molar-refractivity contribution >= 4 is 44.7 Å². The molecule has 3 heterocycles. The molecule has 1 aliphatic rings. The smallest absolute Gasteiger partial charge is 0.256 e. The quantitative estimate of drug-likeness (QED) is 0.436. The van der Waals surface area contributed by atoms with E-state index in [-0.39, 0.29) is 35.8 Å². The number of aryl methyl sites for hydroxylation is 1. The van der Waals surface area contributed by atoms with Crippen LogP contribution < -0.4 is 10.0 Å². The molecule has 0 unspecified atom stereocenters. The summed E-state index contributed by atoms with van der Waals surface area (Å²) < 4.78 is 27.8. The summed E-state index contributed by atoms with van der Waals surface area (Å²) in [5.74, 6) is 0.348. The van der Waals surface area contributed by atoms with Crippen molar-refractivity contribution in [1.82, 2.24) is 19.5 Å². The number of benzene rings is 1. The first-order valence-corrected chi connectivity index (χ1v) is 13.7. The van der Waals surface area contributed by atoms with Crippen LogP contribution in [0.2, 0.25) is 5.02 Å². The highest BCUT2D eigenvalue weighted by molar-refractivity contribution is 7.92. The molecule has 0 spiro atoms. The molecule has 2 aromatic heterocycles. The van der Waals surface area contributed by atoms with Gasteiger partial charge in [-0.15, -0.1) is 0 Å². The normalized spacial score (nSPS) is 17.4. The fourth-order valence-electron chi connectivity index (χ4n) is 4.24. The van der Waals surface area contributed by atoms with Gasteiger partial charge in [0.25, 0.3) is 5.91 Å². The lowest BCUT2D eigenvalue weighted by Crippen LogP contribution is -2.39. The molecular weight excluding hydrogens is 492 g/mol. The Balaban J connectivity index is 1.69. The molecule has 188 valence electrons. The number of hydrogen-bond acceptors (Lipinski definition) is 7. The first-order valence-electron chi connectivity index (χ1n) is 11.4. The Labute approximate surface area is 209 Å². The van der Waals surface area contributed by atoms with Crippen LogP contribution in [-0.4, -0.2) is 64.4 Å². The van der Waals surface area contributed by atoms with Gasteiger partial charge in [-0.3, -0.25) is 9.52 Å². The summed E-state index contributed by atoms with van der Waals surface area (Å²) in [6, 6.07) is 5.94. The SMILES string of the molecule is Cc1cn2nc([C@@H]3CCCCN3C(=O)c3cc(Cl)ccc3NS(C)(=O)=O)cc2nc1N[C@@H](C)CO. The first-order chi connectivity index (χ1) is 16.6. The van der Waals surface area contributed by atoms with E-state index >= 15 is 0 Å². The first kappa shape index (κ1) is 25.2. The molecule has 3 N–H and O–H groups in total. The minimum Gasteiger partial charge on any atom is -0.394 e. The molecule has 1 fully saturated rings. The summed E-state index contributed by atoms with van der Waals surface area (Å²) in [4.78, 5) is 20.0. The summed E-state index contributed by atoms with van der Waals surface area (Å²) in [5, 5.41) is 17.6. The third kappa shape index (κ3) is 5.68. The van der Waals surface area contributed by atoms with Gasteiger partial charge in [0.1, 0.15) is 5.82 Å². The largest absolute Gasteiger partial charge is 0.394 e.